The predicted octanol–water partition coefficient (Wildman–Crippen LogP) is 1.22. The van der Waals surface area contributed by atoms with E-state index in [4.69, 9.17) is 4.74 Å². The third kappa shape index (κ3) is 3.06. The molecule has 1 aromatic rings. The quantitative estimate of drug-likeness (QED) is 0.740. The summed E-state index contributed by atoms with van der Waals surface area (Å²) in [7, 11) is 0. The molecule has 16 heavy (non-hydrogen) atoms. The van der Waals surface area contributed by atoms with Crippen LogP contribution in [0.15, 0.2) is 6.20 Å². The molecule has 0 saturated carbocycles. The normalized spacial score (nSPS) is 10.4. The number of amides is 1. The summed E-state index contributed by atoms with van der Waals surface area (Å²) in [5.41, 5.74) is 1.44. The summed E-state index contributed by atoms with van der Waals surface area (Å²) in [6, 6.07) is 0. The monoisotopic (exact) mass is 225 g/mol. The first-order chi connectivity index (χ1) is 7.70. The average Bonchev–Trinajstić information content (AvgIpc) is 2.70. The van der Waals surface area contributed by atoms with Crippen LogP contribution in [0.4, 0.5) is 0 Å². The van der Waals surface area contributed by atoms with E-state index < -0.39 is 0 Å². The Hall–Kier alpha value is -1.36. The minimum absolute atomic E-state index is 0.00783. The van der Waals surface area contributed by atoms with Crippen molar-refractivity contribution in [1.29, 1.82) is 0 Å². The number of likely N-dealkylation sites (N-methyl/N-ethyl adjacent to an activating group) is 1. The van der Waals surface area contributed by atoms with Gasteiger partial charge in [-0.1, -0.05) is 0 Å². The van der Waals surface area contributed by atoms with Crippen LogP contribution < -0.4 is 0 Å². The second-order valence-electron chi connectivity index (χ2n) is 3.49. The van der Waals surface area contributed by atoms with Crippen molar-refractivity contribution in [3.05, 3.63) is 17.5 Å². The van der Waals surface area contributed by atoms with Crippen molar-refractivity contribution in [1.82, 2.24) is 15.1 Å². The van der Waals surface area contributed by atoms with Gasteiger partial charge in [-0.25, -0.2) is 0 Å². The fourth-order valence-corrected chi connectivity index (χ4v) is 1.46. The lowest BCUT2D eigenvalue weighted by Gasteiger charge is -2.20. The Balaban J connectivity index is 2.59. The number of nitrogens with zero attached hydrogens (tertiary/aromatic N) is 2. The van der Waals surface area contributed by atoms with Crippen molar-refractivity contribution >= 4 is 5.91 Å². The summed E-state index contributed by atoms with van der Waals surface area (Å²) in [5.74, 6) is 0.00783. The molecule has 1 N–H and O–H groups in total. The van der Waals surface area contributed by atoms with Gasteiger partial charge >= 0.3 is 0 Å². The highest BCUT2D eigenvalue weighted by molar-refractivity contribution is 5.94. The molecule has 0 fully saturated rings. The van der Waals surface area contributed by atoms with E-state index in [0.717, 1.165) is 5.69 Å². The topological polar surface area (TPSA) is 58.2 Å². The van der Waals surface area contributed by atoms with Crippen molar-refractivity contribution < 1.29 is 9.53 Å². The highest BCUT2D eigenvalue weighted by Gasteiger charge is 2.17. The van der Waals surface area contributed by atoms with Gasteiger partial charge in [-0.15, -0.1) is 0 Å². The summed E-state index contributed by atoms with van der Waals surface area (Å²) < 4.78 is 5.25. The molecule has 1 amide bonds. The van der Waals surface area contributed by atoms with Crippen molar-refractivity contribution in [2.75, 3.05) is 26.3 Å². The fraction of sp³-hybridized carbons (Fsp3) is 0.636. The number of carbonyl (C=O) groups excluding carboxylic acids is 1. The molecular formula is C11H19N3O2. The Morgan fingerprint density at radius 1 is 1.56 bits per heavy atom. The van der Waals surface area contributed by atoms with Crippen LogP contribution in [0.1, 0.15) is 29.9 Å². The Kier molecular flexibility index (Phi) is 4.98. The number of ether oxygens (including phenoxy) is 1. The van der Waals surface area contributed by atoms with Crippen LogP contribution in [0.3, 0.4) is 0 Å². The van der Waals surface area contributed by atoms with Gasteiger partial charge in [0.05, 0.1) is 18.4 Å². The van der Waals surface area contributed by atoms with Crippen molar-refractivity contribution in [2.45, 2.75) is 20.8 Å². The van der Waals surface area contributed by atoms with Crippen molar-refractivity contribution in [3.8, 4) is 0 Å². The van der Waals surface area contributed by atoms with Gasteiger partial charge < -0.3 is 9.64 Å². The fourth-order valence-electron chi connectivity index (χ4n) is 1.46. The Bertz CT molecular complexity index is 336. The largest absolute Gasteiger partial charge is 0.380 e. The van der Waals surface area contributed by atoms with Gasteiger partial charge in [0.25, 0.3) is 5.91 Å². The molecular weight excluding hydrogens is 206 g/mol. The molecule has 1 aromatic heterocycles. The second kappa shape index (κ2) is 6.27. The number of hydrogen-bond donors (Lipinski definition) is 1. The molecule has 0 aliphatic carbocycles. The third-order valence-corrected chi connectivity index (χ3v) is 2.44. The maximum atomic E-state index is 12.1. The Labute approximate surface area is 95.8 Å². The van der Waals surface area contributed by atoms with Crippen LogP contribution in [0.5, 0.6) is 0 Å². The number of aromatic nitrogens is 2. The van der Waals surface area contributed by atoms with Crippen LogP contribution in [-0.2, 0) is 4.74 Å². The van der Waals surface area contributed by atoms with Gasteiger partial charge in [0.2, 0.25) is 0 Å². The summed E-state index contributed by atoms with van der Waals surface area (Å²) in [6.07, 6.45) is 1.57. The summed E-state index contributed by atoms with van der Waals surface area (Å²) in [6.45, 7) is 8.29. The SMILES string of the molecule is CCOCCN(CC)C(=O)c1cn[nH]c1C. The van der Waals surface area contributed by atoms with Gasteiger partial charge in [0, 0.05) is 25.4 Å². The van der Waals surface area contributed by atoms with E-state index in [1.807, 2.05) is 20.8 Å². The number of aromatic amines is 1. The number of nitrogens with one attached hydrogen (secondary N) is 1. The molecule has 0 spiro atoms. The summed E-state index contributed by atoms with van der Waals surface area (Å²) in [5, 5.41) is 6.62. The lowest BCUT2D eigenvalue weighted by molar-refractivity contribution is 0.0668. The number of rotatable bonds is 6. The van der Waals surface area contributed by atoms with Crippen molar-refractivity contribution in [2.24, 2.45) is 0 Å². The predicted molar refractivity (Wildman–Crippen MR) is 61.4 cm³/mol. The number of H-pyrrole nitrogens is 1. The van der Waals surface area contributed by atoms with Gasteiger partial charge in [0.1, 0.15) is 0 Å². The van der Waals surface area contributed by atoms with Crippen LogP contribution in [0.25, 0.3) is 0 Å². The van der Waals surface area contributed by atoms with E-state index in [1.54, 1.807) is 11.1 Å². The first kappa shape index (κ1) is 12.7. The zero-order valence-electron chi connectivity index (χ0n) is 10.1. The third-order valence-electron chi connectivity index (χ3n) is 2.44. The summed E-state index contributed by atoms with van der Waals surface area (Å²) in [4.78, 5) is 13.8. The molecule has 90 valence electrons. The number of carbonyl (C=O) groups is 1. The minimum atomic E-state index is 0.00783. The molecule has 0 bridgehead atoms. The van der Waals surface area contributed by atoms with E-state index >= 15 is 0 Å². The maximum absolute atomic E-state index is 12.1. The van der Waals surface area contributed by atoms with Gasteiger partial charge in [-0.05, 0) is 20.8 Å². The molecule has 1 heterocycles. The molecule has 0 atom stereocenters. The number of aryl methyl sites for hydroxylation is 1. The molecule has 0 aromatic carbocycles. The molecule has 5 heteroatoms. The lowest BCUT2D eigenvalue weighted by Crippen LogP contribution is -2.34. The van der Waals surface area contributed by atoms with Crippen LogP contribution in [0.2, 0.25) is 0 Å². The average molecular weight is 225 g/mol. The van der Waals surface area contributed by atoms with Crippen LogP contribution in [0, 0.1) is 6.92 Å². The van der Waals surface area contributed by atoms with Crippen LogP contribution >= 0.6 is 0 Å². The molecule has 0 aliphatic rings. The smallest absolute Gasteiger partial charge is 0.257 e. The van der Waals surface area contributed by atoms with Gasteiger partial charge in [-0.3, -0.25) is 9.89 Å². The lowest BCUT2D eigenvalue weighted by atomic mass is 10.2. The van der Waals surface area contributed by atoms with Gasteiger partial charge in [-0.2, -0.15) is 5.10 Å². The van der Waals surface area contributed by atoms with Crippen LogP contribution in [-0.4, -0.2) is 47.3 Å². The molecule has 0 unspecified atom stereocenters. The number of hydrogen-bond acceptors (Lipinski definition) is 3. The highest BCUT2D eigenvalue weighted by Crippen LogP contribution is 2.07. The first-order valence-electron chi connectivity index (χ1n) is 5.57. The maximum Gasteiger partial charge on any atom is 0.257 e. The molecule has 0 radical (unpaired) electrons. The van der Waals surface area contributed by atoms with E-state index in [9.17, 15) is 4.79 Å². The zero-order valence-corrected chi connectivity index (χ0v) is 10.1. The van der Waals surface area contributed by atoms with E-state index in [0.29, 0.717) is 31.9 Å². The molecule has 0 aliphatic heterocycles. The Morgan fingerprint density at radius 3 is 2.81 bits per heavy atom. The molecule has 0 saturated heterocycles. The van der Waals surface area contributed by atoms with Gasteiger partial charge in [0.15, 0.2) is 0 Å². The Morgan fingerprint density at radius 2 is 2.31 bits per heavy atom. The zero-order chi connectivity index (χ0) is 12.0. The minimum Gasteiger partial charge on any atom is -0.380 e. The van der Waals surface area contributed by atoms with E-state index in [1.165, 1.54) is 0 Å². The molecule has 1 rings (SSSR count). The summed E-state index contributed by atoms with van der Waals surface area (Å²) >= 11 is 0. The van der Waals surface area contributed by atoms with E-state index in [-0.39, 0.29) is 5.91 Å². The van der Waals surface area contributed by atoms with Crippen molar-refractivity contribution in [3.63, 3.8) is 0 Å². The van der Waals surface area contributed by atoms with E-state index in [2.05, 4.69) is 10.2 Å². The second-order valence-corrected chi connectivity index (χ2v) is 3.49. The molecule has 5 nitrogen and oxygen atoms in total. The standard InChI is InChI=1S/C11H19N3O2/c1-4-14(6-7-16-5-2)11(15)10-8-12-13-9(10)3/h8H,4-7H2,1-3H3,(H,12,13). The highest BCUT2D eigenvalue weighted by atomic mass is 16.5. The first-order valence-corrected chi connectivity index (χ1v) is 5.57.